The molecule has 8 nitrogen and oxygen atoms in total. The maximum Gasteiger partial charge on any atom is 0.306 e. The Morgan fingerprint density at radius 3 is 2.41 bits per heavy atom. The van der Waals surface area contributed by atoms with Crippen molar-refractivity contribution in [2.75, 3.05) is 27.3 Å². The quantitative estimate of drug-likeness (QED) is 0.327. The van der Waals surface area contributed by atoms with Crippen LogP contribution < -0.4 is 4.74 Å². The van der Waals surface area contributed by atoms with Gasteiger partial charge in [-0.15, -0.1) is 0 Å². The molecule has 200 valence electrons. The summed E-state index contributed by atoms with van der Waals surface area (Å²) in [6.07, 6.45) is -0.124. The van der Waals surface area contributed by atoms with Crippen LogP contribution in [-0.2, 0) is 19.1 Å². The average Bonchev–Trinajstić information content (AvgIpc) is 3.22. The van der Waals surface area contributed by atoms with Crippen LogP contribution in [0.4, 0.5) is 0 Å². The second-order valence-electron chi connectivity index (χ2n) is 10.1. The van der Waals surface area contributed by atoms with Crippen molar-refractivity contribution < 1.29 is 28.9 Å². The molecule has 0 radical (unpaired) electrons. The third-order valence-electron chi connectivity index (χ3n) is 5.73. The maximum atomic E-state index is 13.8. The van der Waals surface area contributed by atoms with Crippen LogP contribution in [0, 0.1) is 0 Å². The molecule has 3 rings (SSSR count). The molecule has 2 atom stereocenters. The molecule has 2 aromatic rings. The van der Waals surface area contributed by atoms with Gasteiger partial charge in [-0.1, -0.05) is 34.1 Å². The SMILES string of the molecule is CN(C)C(=O)[C@]1(CCC(=O)OC(C)(C)C)N=C(c2ccc(OCCCO)cc2)O[C@@H]1c1ccccc1Br. The third kappa shape index (κ3) is 7.11. The molecule has 1 N–H and O–H groups in total. The minimum absolute atomic E-state index is 0.00439. The Balaban J connectivity index is 2.02. The summed E-state index contributed by atoms with van der Waals surface area (Å²) in [6, 6.07) is 14.7. The number of aliphatic hydroxyl groups excluding tert-OH is 1. The first-order valence-electron chi connectivity index (χ1n) is 12.3. The van der Waals surface area contributed by atoms with E-state index in [1.807, 2.05) is 57.2 Å². The van der Waals surface area contributed by atoms with Crippen molar-refractivity contribution in [3.05, 3.63) is 64.1 Å². The molecule has 0 saturated heterocycles. The van der Waals surface area contributed by atoms with E-state index in [0.29, 0.717) is 30.2 Å². The number of hydrogen-bond acceptors (Lipinski definition) is 7. The summed E-state index contributed by atoms with van der Waals surface area (Å²) in [4.78, 5) is 32.8. The van der Waals surface area contributed by atoms with Crippen molar-refractivity contribution in [2.45, 2.75) is 57.3 Å². The number of aliphatic hydroxyl groups is 1. The molecule has 0 aliphatic carbocycles. The number of carbonyl (C=O) groups excluding carboxylic acids is 2. The number of carbonyl (C=O) groups is 2. The number of likely N-dealkylation sites (N-methyl/N-ethyl adjacent to an activating group) is 1. The van der Waals surface area contributed by atoms with Gasteiger partial charge in [0.05, 0.1) is 6.61 Å². The summed E-state index contributed by atoms with van der Waals surface area (Å²) < 4.78 is 18.3. The van der Waals surface area contributed by atoms with Crippen molar-refractivity contribution in [3.63, 3.8) is 0 Å². The van der Waals surface area contributed by atoms with Gasteiger partial charge in [0, 0.05) is 49.1 Å². The van der Waals surface area contributed by atoms with Gasteiger partial charge < -0.3 is 24.2 Å². The van der Waals surface area contributed by atoms with Gasteiger partial charge >= 0.3 is 5.97 Å². The lowest BCUT2D eigenvalue weighted by Crippen LogP contribution is -2.48. The minimum atomic E-state index is -1.38. The first kappa shape index (κ1) is 28.7. The molecule has 0 unspecified atom stereocenters. The zero-order valence-corrected chi connectivity index (χ0v) is 23.6. The number of hydrogen-bond donors (Lipinski definition) is 1. The second kappa shape index (κ2) is 12.1. The van der Waals surface area contributed by atoms with Crippen LogP contribution >= 0.6 is 15.9 Å². The largest absolute Gasteiger partial charge is 0.494 e. The highest BCUT2D eigenvalue weighted by Gasteiger charge is 2.54. The van der Waals surface area contributed by atoms with Gasteiger partial charge in [-0.2, -0.15) is 0 Å². The lowest BCUT2D eigenvalue weighted by molar-refractivity contribution is -0.155. The number of amides is 1. The Labute approximate surface area is 226 Å². The van der Waals surface area contributed by atoms with Crippen molar-refractivity contribution in [2.24, 2.45) is 4.99 Å². The Hall–Kier alpha value is -2.91. The van der Waals surface area contributed by atoms with Gasteiger partial charge in [0.2, 0.25) is 5.90 Å². The zero-order chi connectivity index (χ0) is 27.2. The van der Waals surface area contributed by atoms with E-state index in [1.165, 1.54) is 4.90 Å². The summed E-state index contributed by atoms with van der Waals surface area (Å²) in [6.45, 7) is 5.89. The van der Waals surface area contributed by atoms with E-state index in [2.05, 4.69) is 15.9 Å². The Bertz CT molecular complexity index is 1130. The van der Waals surface area contributed by atoms with E-state index >= 15 is 0 Å². The summed E-state index contributed by atoms with van der Waals surface area (Å²) in [5.74, 6) is 0.286. The van der Waals surface area contributed by atoms with E-state index in [9.17, 15) is 9.59 Å². The summed E-state index contributed by atoms with van der Waals surface area (Å²) in [5, 5.41) is 8.96. The van der Waals surface area contributed by atoms with Gasteiger partial charge in [0.15, 0.2) is 11.6 Å². The van der Waals surface area contributed by atoms with Crippen LogP contribution in [0.5, 0.6) is 5.75 Å². The topological polar surface area (TPSA) is 97.7 Å². The Morgan fingerprint density at radius 1 is 1.14 bits per heavy atom. The van der Waals surface area contributed by atoms with Crippen LogP contribution in [0.25, 0.3) is 0 Å². The molecule has 1 heterocycles. The molecule has 9 heteroatoms. The first-order valence-corrected chi connectivity index (χ1v) is 13.0. The molecule has 1 aliphatic heterocycles. The predicted octanol–water partition coefficient (Wildman–Crippen LogP) is 4.68. The van der Waals surface area contributed by atoms with Gasteiger partial charge in [0.25, 0.3) is 5.91 Å². The number of halogens is 1. The molecule has 0 bridgehead atoms. The molecule has 0 fully saturated rings. The number of aliphatic imine (C=N–C) groups is 1. The van der Waals surface area contributed by atoms with Crippen molar-refractivity contribution in [3.8, 4) is 5.75 Å². The highest BCUT2D eigenvalue weighted by Crippen LogP contribution is 2.46. The maximum absolute atomic E-state index is 13.8. The van der Waals surface area contributed by atoms with Gasteiger partial charge in [0.1, 0.15) is 11.4 Å². The molecular weight excluding hydrogens is 540 g/mol. The molecule has 1 amide bonds. The van der Waals surface area contributed by atoms with Gasteiger partial charge in [-0.05, 0) is 57.5 Å². The Kier molecular flexibility index (Phi) is 9.36. The van der Waals surface area contributed by atoms with Crippen LogP contribution in [0.15, 0.2) is 58.0 Å². The van der Waals surface area contributed by atoms with E-state index in [4.69, 9.17) is 24.3 Å². The number of esters is 1. The Morgan fingerprint density at radius 2 is 1.81 bits per heavy atom. The van der Waals surface area contributed by atoms with E-state index in [0.717, 1.165) is 10.0 Å². The van der Waals surface area contributed by atoms with Crippen molar-refractivity contribution in [1.29, 1.82) is 0 Å². The lowest BCUT2D eigenvalue weighted by atomic mass is 9.83. The summed E-state index contributed by atoms with van der Waals surface area (Å²) in [5.41, 5.74) is -0.586. The number of rotatable bonds is 10. The fraction of sp³-hybridized carbons (Fsp3) is 0.464. The zero-order valence-electron chi connectivity index (χ0n) is 22.0. The first-order chi connectivity index (χ1) is 17.5. The van der Waals surface area contributed by atoms with E-state index < -0.39 is 23.2 Å². The normalized spacial score (nSPS) is 19.1. The molecule has 1 aliphatic rings. The minimum Gasteiger partial charge on any atom is -0.494 e. The van der Waals surface area contributed by atoms with Crippen LogP contribution in [-0.4, -0.2) is 66.2 Å². The number of benzene rings is 2. The molecule has 2 aromatic carbocycles. The highest BCUT2D eigenvalue weighted by molar-refractivity contribution is 9.10. The summed E-state index contributed by atoms with van der Waals surface area (Å²) in [7, 11) is 3.33. The van der Waals surface area contributed by atoms with Gasteiger partial charge in [-0.25, -0.2) is 4.99 Å². The molecule has 0 aromatic heterocycles. The third-order valence-corrected chi connectivity index (χ3v) is 6.45. The van der Waals surface area contributed by atoms with Crippen LogP contribution in [0.2, 0.25) is 0 Å². The molecule has 37 heavy (non-hydrogen) atoms. The molecule has 0 spiro atoms. The van der Waals surface area contributed by atoms with Gasteiger partial charge in [-0.3, -0.25) is 9.59 Å². The fourth-order valence-corrected chi connectivity index (χ4v) is 4.58. The number of ether oxygens (including phenoxy) is 3. The van der Waals surface area contributed by atoms with Crippen LogP contribution in [0.3, 0.4) is 0 Å². The second-order valence-corrected chi connectivity index (χ2v) is 11.0. The number of nitrogens with zero attached hydrogens (tertiary/aromatic N) is 2. The standard InChI is InChI=1S/C28H35BrN2O6/c1-27(2,3)37-23(33)15-16-28(26(34)31(4)5)24(21-9-6-7-10-22(21)29)36-25(30-28)19-11-13-20(14-12-19)35-18-8-17-32/h6-7,9-14,24,32H,8,15-18H2,1-5H3/t24-,28-/m1/s1. The highest BCUT2D eigenvalue weighted by atomic mass is 79.9. The fourth-order valence-electron chi connectivity index (χ4n) is 4.09. The summed E-state index contributed by atoms with van der Waals surface area (Å²) >= 11 is 3.60. The van der Waals surface area contributed by atoms with Crippen molar-refractivity contribution in [1.82, 2.24) is 4.90 Å². The monoisotopic (exact) mass is 574 g/mol. The average molecular weight is 576 g/mol. The van der Waals surface area contributed by atoms with E-state index in [-0.39, 0.29) is 25.4 Å². The predicted molar refractivity (Wildman–Crippen MR) is 145 cm³/mol. The lowest BCUT2D eigenvalue weighted by Gasteiger charge is -2.33. The molecular formula is C28H35BrN2O6. The van der Waals surface area contributed by atoms with Crippen LogP contribution in [0.1, 0.15) is 57.3 Å². The van der Waals surface area contributed by atoms with E-state index in [1.54, 1.807) is 26.2 Å². The molecule has 0 saturated carbocycles. The van der Waals surface area contributed by atoms with Crippen molar-refractivity contribution >= 4 is 33.7 Å². The smallest absolute Gasteiger partial charge is 0.306 e.